The summed E-state index contributed by atoms with van der Waals surface area (Å²) in [6.07, 6.45) is 2.03. The van der Waals surface area contributed by atoms with E-state index in [0.29, 0.717) is 6.42 Å². The summed E-state index contributed by atoms with van der Waals surface area (Å²) in [5.41, 5.74) is -0.316. The van der Waals surface area contributed by atoms with E-state index in [1.165, 1.54) is 20.8 Å². The molecule has 0 amide bonds. The van der Waals surface area contributed by atoms with Gasteiger partial charge in [0.15, 0.2) is 0 Å². The second-order valence-electron chi connectivity index (χ2n) is 4.40. The zero-order valence-corrected chi connectivity index (χ0v) is 8.92. The highest BCUT2D eigenvalue weighted by molar-refractivity contribution is 6.02. The average Bonchev–Trinajstić information content (AvgIpc) is 2.64. The fourth-order valence-electron chi connectivity index (χ4n) is 2.37. The third kappa shape index (κ3) is 2.08. The normalized spacial score (nSPS) is 18.0. The van der Waals surface area contributed by atoms with E-state index in [2.05, 4.69) is 0 Å². The molecule has 0 unspecified atom stereocenters. The van der Waals surface area contributed by atoms with Crippen molar-refractivity contribution in [2.75, 3.05) is 0 Å². The fourth-order valence-corrected chi connectivity index (χ4v) is 2.37. The van der Waals surface area contributed by atoms with Crippen molar-refractivity contribution >= 4 is 17.3 Å². The van der Waals surface area contributed by atoms with Gasteiger partial charge in [0.25, 0.3) is 0 Å². The van der Waals surface area contributed by atoms with Crippen molar-refractivity contribution in [3.05, 3.63) is 0 Å². The van der Waals surface area contributed by atoms with Crippen LogP contribution in [0.5, 0.6) is 0 Å². The Balaban J connectivity index is 2.83. The maximum Gasteiger partial charge on any atom is 0.140 e. The molecule has 3 nitrogen and oxygen atoms in total. The lowest BCUT2D eigenvalue weighted by molar-refractivity contribution is -0.134. The second-order valence-corrected chi connectivity index (χ2v) is 4.40. The highest BCUT2D eigenvalue weighted by atomic mass is 16.2. The molecule has 0 spiro atoms. The molecule has 0 heterocycles. The van der Waals surface area contributed by atoms with Gasteiger partial charge in [-0.1, -0.05) is 0 Å². The van der Waals surface area contributed by atoms with Gasteiger partial charge in [0.2, 0.25) is 0 Å². The first-order valence-electron chi connectivity index (χ1n) is 4.89. The van der Waals surface area contributed by atoms with Crippen molar-refractivity contribution in [1.82, 2.24) is 0 Å². The van der Waals surface area contributed by atoms with Crippen molar-refractivity contribution < 1.29 is 14.4 Å². The quantitative estimate of drug-likeness (QED) is 0.627. The summed E-state index contributed by atoms with van der Waals surface area (Å²) >= 11 is 0. The molecule has 1 saturated carbocycles. The van der Waals surface area contributed by atoms with E-state index in [1.54, 1.807) is 0 Å². The lowest BCUT2D eigenvalue weighted by Crippen LogP contribution is -2.31. The number of carbonyl (C=O) groups is 3. The second kappa shape index (κ2) is 3.64. The van der Waals surface area contributed by atoms with Gasteiger partial charge in [-0.15, -0.1) is 0 Å². The fraction of sp³-hybridized carbons (Fsp3) is 0.727. The van der Waals surface area contributed by atoms with Gasteiger partial charge >= 0.3 is 0 Å². The molecule has 78 valence electrons. The van der Waals surface area contributed by atoms with Crippen LogP contribution in [-0.2, 0) is 14.4 Å². The third-order valence-corrected chi connectivity index (χ3v) is 2.92. The number of hydrogen-bond donors (Lipinski definition) is 0. The van der Waals surface area contributed by atoms with Gasteiger partial charge in [-0.25, -0.2) is 0 Å². The summed E-state index contributed by atoms with van der Waals surface area (Å²) in [5, 5.41) is 0. The standard InChI is InChI=1S/C11H16O3/c1-7(12)6-11(4-5-11)10(8(2)13)9(3)14/h10H,4-6H2,1-3H3. The Labute approximate surface area is 83.9 Å². The first-order valence-corrected chi connectivity index (χ1v) is 4.89. The Kier molecular flexibility index (Phi) is 2.88. The van der Waals surface area contributed by atoms with E-state index in [-0.39, 0.29) is 22.8 Å². The maximum atomic E-state index is 11.3. The minimum absolute atomic E-state index is 0.0648. The molecule has 0 aromatic carbocycles. The van der Waals surface area contributed by atoms with Crippen LogP contribution in [0.1, 0.15) is 40.0 Å². The van der Waals surface area contributed by atoms with Gasteiger partial charge in [-0.2, -0.15) is 0 Å². The van der Waals surface area contributed by atoms with Crippen molar-refractivity contribution in [3.63, 3.8) is 0 Å². The molecule has 0 aromatic rings. The Morgan fingerprint density at radius 2 is 1.50 bits per heavy atom. The summed E-state index contributed by atoms with van der Waals surface area (Å²) < 4.78 is 0. The van der Waals surface area contributed by atoms with Gasteiger partial charge in [-0.3, -0.25) is 9.59 Å². The van der Waals surface area contributed by atoms with Crippen LogP contribution >= 0.6 is 0 Å². The number of rotatable bonds is 5. The molecule has 0 radical (unpaired) electrons. The molecule has 0 atom stereocenters. The predicted molar refractivity (Wildman–Crippen MR) is 51.8 cm³/mol. The Morgan fingerprint density at radius 1 is 1.07 bits per heavy atom. The van der Waals surface area contributed by atoms with E-state index in [4.69, 9.17) is 0 Å². The Morgan fingerprint density at radius 3 is 1.71 bits per heavy atom. The van der Waals surface area contributed by atoms with Gasteiger partial charge in [0.1, 0.15) is 17.3 Å². The zero-order chi connectivity index (χ0) is 10.9. The van der Waals surface area contributed by atoms with E-state index < -0.39 is 5.92 Å². The topological polar surface area (TPSA) is 51.2 Å². The van der Waals surface area contributed by atoms with Crippen LogP contribution in [0.3, 0.4) is 0 Å². The Bertz CT molecular complexity index is 273. The molecule has 0 N–H and O–H groups in total. The smallest absolute Gasteiger partial charge is 0.140 e. The highest BCUT2D eigenvalue weighted by Crippen LogP contribution is 2.55. The SMILES string of the molecule is CC(=O)CC1(C(C(C)=O)C(C)=O)CC1. The van der Waals surface area contributed by atoms with Crippen LogP contribution in [0.25, 0.3) is 0 Å². The van der Waals surface area contributed by atoms with Gasteiger partial charge < -0.3 is 4.79 Å². The third-order valence-electron chi connectivity index (χ3n) is 2.92. The molecule has 3 heteroatoms. The minimum atomic E-state index is -0.550. The van der Waals surface area contributed by atoms with E-state index in [0.717, 1.165) is 12.8 Å². The lowest BCUT2D eigenvalue weighted by atomic mass is 9.80. The largest absolute Gasteiger partial charge is 0.300 e. The average molecular weight is 196 g/mol. The molecule has 1 fully saturated rings. The Hall–Kier alpha value is -0.990. The summed E-state index contributed by atoms with van der Waals surface area (Å²) in [6.45, 7) is 4.38. The van der Waals surface area contributed by atoms with Crippen LogP contribution in [0, 0.1) is 11.3 Å². The van der Waals surface area contributed by atoms with Gasteiger partial charge in [0.05, 0.1) is 5.92 Å². The van der Waals surface area contributed by atoms with Crippen molar-refractivity contribution in [3.8, 4) is 0 Å². The van der Waals surface area contributed by atoms with Crippen molar-refractivity contribution in [2.24, 2.45) is 11.3 Å². The van der Waals surface area contributed by atoms with Crippen LogP contribution in [0.15, 0.2) is 0 Å². The van der Waals surface area contributed by atoms with E-state index in [9.17, 15) is 14.4 Å². The molecular formula is C11H16O3. The number of carbonyl (C=O) groups excluding carboxylic acids is 3. The molecule has 14 heavy (non-hydrogen) atoms. The predicted octanol–water partition coefficient (Wildman–Crippen LogP) is 1.54. The van der Waals surface area contributed by atoms with Crippen molar-refractivity contribution in [2.45, 2.75) is 40.0 Å². The molecule has 0 saturated heterocycles. The first kappa shape index (κ1) is 11.1. The first-order chi connectivity index (χ1) is 6.39. The number of Topliss-reactive ketones (excluding diaryl/α,β-unsaturated/α-hetero) is 3. The monoisotopic (exact) mass is 196 g/mol. The summed E-state index contributed by atoms with van der Waals surface area (Å²) in [4.78, 5) is 33.7. The molecule has 0 aromatic heterocycles. The summed E-state index contributed by atoms with van der Waals surface area (Å²) in [5.74, 6) is -0.686. The molecule has 0 bridgehead atoms. The van der Waals surface area contributed by atoms with Crippen LogP contribution in [-0.4, -0.2) is 17.3 Å². The van der Waals surface area contributed by atoms with Gasteiger partial charge in [0, 0.05) is 6.42 Å². The molecule has 1 rings (SSSR count). The molecule has 1 aliphatic rings. The molecule has 0 aliphatic heterocycles. The highest BCUT2D eigenvalue weighted by Gasteiger charge is 2.53. The number of hydrogen-bond acceptors (Lipinski definition) is 3. The maximum absolute atomic E-state index is 11.3. The van der Waals surface area contributed by atoms with Crippen LogP contribution in [0.4, 0.5) is 0 Å². The molecular weight excluding hydrogens is 180 g/mol. The summed E-state index contributed by atoms with van der Waals surface area (Å²) in [7, 11) is 0. The molecule has 1 aliphatic carbocycles. The van der Waals surface area contributed by atoms with Crippen LogP contribution in [0.2, 0.25) is 0 Å². The number of ketones is 3. The van der Waals surface area contributed by atoms with E-state index in [1.807, 2.05) is 0 Å². The van der Waals surface area contributed by atoms with E-state index >= 15 is 0 Å². The lowest BCUT2D eigenvalue weighted by Gasteiger charge is -2.20. The zero-order valence-electron chi connectivity index (χ0n) is 8.92. The summed E-state index contributed by atoms with van der Waals surface area (Å²) in [6, 6.07) is 0. The van der Waals surface area contributed by atoms with Crippen LogP contribution < -0.4 is 0 Å². The minimum Gasteiger partial charge on any atom is -0.300 e. The van der Waals surface area contributed by atoms with Gasteiger partial charge in [-0.05, 0) is 39.0 Å². The van der Waals surface area contributed by atoms with Crippen molar-refractivity contribution in [1.29, 1.82) is 0 Å².